The Morgan fingerprint density at radius 1 is 0.526 bits per heavy atom. The number of rotatable bonds is 14. The van der Waals surface area contributed by atoms with Crippen molar-refractivity contribution in [1.29, 1.82) is 0 Å². The third-order valence-corrected chi connectivity index (χ3v) is 7.51. The van der Waals surface area contributed by atoms with Crippen molar-refractivity contribution in [2.24, 2.45) is 0 Å². The molecule has 0 saturated heterocycles. The fourth-order valence-electron chi connectivity index (χ4n) is 5.39. The van der Waals surface area contributed by atoms with Crippen LogP contribution in [0.15, 0.2) is 66.7 Å². The third-order valence-electron chi connectivity index (χ3n) is 7.51. The molecule has 3 aromatic carbocycles. The lowest BCUT2D eigenvalue weighted by atomic mass is 9.84. The van der Waals surface area contributed by atoms with Gasteiger partial charge in [0.05, 0.1) is 6.10 Å². The van der Waals surface area contributed by atoms with Crippen LogP contribution in [-0.4, -0.2) is 45.4 Å². The van der Waals surface area contributed by atoms with E-state index in [1.54, 1.807) is 0 Å². The molecule has 0 unspecified atom stereocenters. The maximum atomic E-state index is 6.50. The summed E-state index contributed by atoms with van der Waals surface area (Å²) in [6.07, 6.45) is 0.0939. The summed E-state index contributed by atoms with van der Waals surface area (Å²) in [5.41, 5.74) is 7.51. The lowest BCUT2D eigenvalue weighted by Gasteiger charge is -2.28. The highest BCUT2D eigenvalue weighted by Gasteiger charge is 2.23. The van der Waals surface area contributed by atoms with Crippen LogP contribution in [0.2, 0.25) is 0 Å². The van der Waals surface area contributed by atoms with Crippen molar-refractivity contribution in [3.63, 3.8) is 0 Å². The van der Waals surface area contributed by atoms with Crippen molar-refractivity contribution in [3.8, 4) is 5.75 Å². The minimum Gasteiger partial charge on any atom is -0.491 e. The largest absolute Gasteiger partial charge is 0.491 e. The van der Waals surface area contributed by atoms with Crippen molar-refractivity contribution in [2.75, 3.05) is 54.0 Å². The van der Waals surface area contributed by atoms with Gasteiger partial charge in [-0.3, -0.25) is 0 Å². The van der Waals surface area contributed by atoms with Crippen LogP contribution in [0.1, 0.15) is 78.0 Å². The predicted octanol–water partition coefficient (Wildman–Crippen LogP) is 8.19. The molecule has 4 nitrogen and oxygen atoms in total. The summed E-state index contributed by atoms with van der Waals surface area (Å²) < 4.78 is 6.50. The van der Waals surface area contributed by atoms with Crippen LogP contribution in [0.25, 0.3) is 0 Å². The first-order valence-corrected chi connectivity index (χ1v) is 14.7. The molecule has 3 aromatic rings. The lowest BCUT2D eigenvalue weighted by Crippen LogP contribution is -2.22. The normalized spacial score (nSPS) is 11.2. The topological polar surface area (TPSA) is 19.0 Å². The van der Waals surface area contributed by atoms with Crippen molar-refractivity contribution >= 4 is 17.1 Å². The molecule has 0 aliphatic carbocycles. The predicted molar refractivity (Wildman–Crippen MR) is 167 cm³/mol. The number of hydrogen-bond donors (Lipinski definition) is 0. The van der Waals surface area contributed by atoms with E-state index in [2.05, 4.69) is 137 Å². The van der Waals surface area contributed by atoms with E-state index in [4.69, 9.17) is 4.74 Å². The van der Waals surface area contributed by atoms with Crippen LogP contribution >= 0.6 is 0 Å². The van der Waals surface area contributed by atoms with Crippen molar-refractivity contribution in [1.82, 2.24) is 0 Å². The Kier molecular flexibility index (Phi) is 10.9. The van der Waals surface area contributed by atoms with Gasteiger partial charge in [0.15, 0.2) is 0 Å². The van der Waals surface area contributed by atoms with Crippen molar-refractivity contribution < 1.29 is 4.74 Å². The molecule has 0 atom stereocenters. The van der Waals surface area contributed by atoms with Gasteiger partial charge in [-0.15, -0.1) is 0 Å². The fourth-order valence-corrected chi connectivity index (χ4v) is 5.39. The van der Waals surface area contributed by atoms with E-state index in [-0.39, 0.29) is 12.0 Å². The first-order valence-electron chi connectivity index (χ1n) is 14.7. The first-order chi connectivity index (χ1) is 18.4. The summed E-state index contributed by atoms with van der Waals surface area (Å²) in [6, 6.07) is 25.1. The summed E-state index contributed by atoms with van der Waals surface area (Å²) in [5.74, 6) is 1.04. The number of nitrogens with zero attached hydrogens (tertiary/aromatic N) is 3. The van der Waals surface area contributed by atoms with Crippen LogP contribution in [-0.2, 0) is 0 Å². The average molecular weight is 516 g/mol. The van der Waals surface area contributed by atoms with Gasteiger partial charge in [-0.1, -0.05) is 30.3 Å². The smallest absolute Gasteiger partial charge is 0.125 e. The van der Waals surface area contributed by atoms with Crippen LogP contribution in [0.5, 0.6) is 5.75 Å². The third kappa shape index (κ3) is 6.83. The number of ether oxygens (including phenoxy) is 1. The highest BCUT2D eigenvalue weighted by molar-refractivity contribution is 5.60. The molecular formula is C34H49N3O. The van der Waals surface area contributed by atoms with E-state index < -0.39 is 0 Å². The van der Waals surface area contributed by atoms with Crippen molar-refractivity contribution in [2.45, 2.75) is 67.4 Å². The van der Waals surface area contributed by atoms with Gasteiger partial charge in [-0.05, 0) is 96.8 Å². The zero-order valence-corrected chi connectivity index (χ0v) is 25.0. The molecule has 4 heteroatoms. The molecule has 0 spiro atoms. The van der Waals surface area contributed by atoms with E-state index in [9.17, 15) is 0 Å². The van der Waals surface area contributed by atoms with Gasteiger partial charge < -0.3 is 19.4 Å². The second-order valence-corrected chi connectivity index (χ2v) is 10.0. The molecule has 0 aromatic heterocycles. The van der Waals surface area contributed by atoms with Crippen LogP contribution < -0.4 is 19.4 Å². The van der Waals surface area contributed by atoms with Gasteiger partial charge >= 0.3 is 0 Å². The quantitative estimate of drug-likeness (QED) is 0.201. The van der Waals surface area contributed by atoms with Gasteiger partial charge in [0, 0.05) is 73.9 Å². The van der Waals surface area contributed by atoms with E-state index in [0.717, 1.165) is 45.0 Å². The Bertz CT molecular complexity index is 1040. The average Bonchev–Trinajstić information content (AvgIpc) is 2.93. The van der Waals surface area contributed by atoms with E-state index >= 15 is 0 Å². The van der Waals surface area contributed by atoms with E-state index in [0.29, 0.717) is 0 Å². The minimum atomic E-state index is 0.0750. The maximum absolute atomic E-state index is 6.50. The highest BCUT2D eigenvalue weighted by Crippen LogP contribution is 2.40. The Labute approximate surface area is 232 Å². The number of anilines is 3. The minimum absolute atomic E-state index is 0.0750. The summed E-state index contributed by atoms with van der Waals surface area (Å²) in [5, 5.41) is 0. The van der Waals surface area contributed by atoms with Crippen LogP contribution in [0, 0.1) is 0 Å². The second-order valence-electron chi connectivity index (χ2n) is 10.0. The molecule has 0 aliphatic rings. The molecule has 0 radical (unpaired) electrons. The molecule has 206 valence electrons. The Hall–Kier alpha value is -3.14. The molecular weight excluding hydrogens is 466 g/mol. The molecule has 0 amide bonds. The molecule has 0 aliphatic heterocycles. The summed E-state index contributed by atoms with van der Waals surface area (Å²) in [4.78, 5) is 7.16. The molecule has 38 heavy (non-hydrogen) atoms. The Balaban J connectivity index is 2.17. The number of hydrogen-bond acceptors (Lipinski definition) is 4. The van der Waals surface area contributed by atoms with Gasteiger partial charge in [0.2, 0.25) is 0 Å². The molecule has 0 fully saturated rings. The van der Waals surface area contributed by atoms with Gasteiger partial charge in [-0.25, -0.2) is 0 Å². The fraction of sp³-hybridized carbons (Fsp3) is 0.471. The SMILES string of the molecule is CCN(CC)c1ccc(C(c2ccc(N(CC)CC)cc2)c2ccc(N(CC)CC)cc2OC(C)C)cc1. The zero-order chi connectivity index (χ0) is 27.7. The van der Waals surface area contributed by atoms with Gasteiger partial charge in [-0.2, -0.15) is 0 Å². The van der Waals surface area contributed by atoms with E-state index in [1.165, 1.54) is 33.8 Å². The van der Waals surface area contributed by atoms with Gasteiger partial charge in [0.1, 0.15) is 5.75 Å². The molecule has 0 N–H and O–H groups in total. The number of benzene rings is 3. The standard InChI is InChI=1S/C34H49N3O/c1-9-35(10-2)29-19-15-27(16-20-29)34(28-17-21-30(22-18-28)36(11-3)12-4)32-24-23-31(37(13-5)14-6)25-33(32)38-26(7)8/h15-26,34H,9-14H2,1-8H3. The van der Waals surface area contributed by atoms with E-state index in [1.807, 2.05) is 0 Å². The zero-order valence-electron chi connectivity index (χ0n) is 25.0. The molecule has 0 bridgehead atoms. The molecule has 0 saturated carbocycles. The maximum Gasteiger partial charge on any atom is 0.125 e. The Morgan fingerprint density at radius 3 is 1.26 bits per heavy atom. The summed E-state index contributed by atoms with van der Waals surface area (Å²) in [7, 11) is 0. The van der Waals surface area contributed by atoms with Gasteiger partial charge in [0.25, 0.3) is 0 Å². The summed E-state index contributed by atoms with van der Waals surface area (Å²) >= 11 is 0. The highest BCUT2D eigenvalue weighted by atomic mass is 16.5. The summed E-state index contributed by atoms with van der Waals surface area (Å²) in [6.45, 7) is 23.5. The van der Waals surface area contributed by atoms with Crippen molar-refractivity contribution in [3.05, 3.63) is 83.4 Å². The lowest BCUT2D eigenvalue weighted by molar-refractivity contribution is 0.240. The second kappa shape index (κ2) is 14.1. The first kappa shape index (κ1) is 29.4. The van der Waals surface area contributed by atoms with Crippen LogP contribution in [0.4, 0.5) is 17.1 Å². The molecule has 0 heterocycles. The molecule has 3 rings (SSSR count). The monoisotopic (exact) mass is 515 g/mol. The van der Waals surface area contributed by atoms with Crippen LogP contribution in [0.3, 0.4) is 0 Å². The Morgan fingerprint density at radius 2 is 0.895 bits per heavy atom.